The molecule has 0 bridgehead atoms. The van der Waals surface area contributed by atoms with Gasteiger partial charge in [-0.15, -0.1) is 0 Å². The fraction of sp³-hybridized carbons (Fsp3) is 0.375. The standard InChI is InChI=1S/C24H29N3O2/c1-2-27(24(29)23-14-18-8-3-4-12-22(18)26-23)20-10-6-9-19(15-20)25-16-17-7-5-11-21(28)13-17/h3-5,7-8,11-14,19-20,25-26,28H,2,6,9-10,15-16H2,1H3/t19-,20+/m1/s1. The zero-order chi connectivity index (χ0) is 20.2. The van der Waals surface area contributed by atoms with Crippen molar-refractivity contribution in [1.82, 2.24) is 15.2 Å². The molecule has 1 heterocycles. The minimum Gasteiger partial charge on any atom is -0.508 e. The minimum atomic E-state index is 0.0855. The van der Waals surface area contributed by atoms with E-state index >= 15 is 0 Å². The van der Waals surface area contributed by atoms with Crippen LogP contribution in [0.1, 0.15) is 48.7 Å². The average molecular weight is 392 g/mol. The van der Waals surface area contributed by atoms with Gasteiger partial charge in [0.1, 0.15) is 11.4 Å². The average Bonchev–Trinajstić information content (AvgIpc) is 3.17. The number of aromatic amines is 1. The Kier molecular flexibility index (Phi) is 5.86. The third-order valence-corrected chi connectivity index (χ3v) is 5.95. The van der Waals surface area contributed by atoms with Gasteiger partial charge < -0.3 is 20.3 Å². The van der Waals surface area contributed by atoms with Crippen LogP contribution in [0.15, 0.2) is 54.6 Å². The van der Waals surface area contributed by atoms with Crippen LogP contribution in [-0.4, -0.2) is 39.5 Å². The molecule has 2 atom stereocenters. The molecule has 1 aliphatic carbocycles. The van der Waals surface area contributed by atoms with Gasteiger partial charge in [-0.1, -0.05) is 30.3 Å². The van der Waals surface area contributed by atoms with Crippen LogP contribution in [0.2, 0.25) is 0 Å². The number of phenolic OH excluding ortho intramolecular Hbond substituents is 1. The molecule has 29 heavy (non-hydrogen) atoms. The number of rotatable bonds is 6. The van der Waals surface area contributed by atoms with E-state index in [1.807, 2.05) is 47.4 Å². The first-order valence-electron chi connectivity index (χ1n) is 10.5. The van der Waals surface area contributed by atoms with E-state index in [1.54, 1.807) is 12.1 Å². The Morgan fingerprint density at radius 3 is 2.83 bits per heavy atom. The molecule has 1 amide bonds. The third kappa shape index (κ3) is 4.46. The molecule has 0 spiro atoms. The number of aromatic hydroxyl groups is 1. The van der Waals surface area contributed by atoms with E-state index in [4.69, 9.17) is 0 Å². The van der Waals surface area contributed by atoms with E-state index in [9.17, 15) is 9.90 Å². The molecule has 5 heteroatoms. The highest BCUT2D eigenvalue weighted by Gasteiger charge is 2.29. The van der Waals surface area contributed by atoms with Gasteiger partial charge in [0.25, 0.3) is 5.91 Å². The van der Waals surface area contributed by atoms with Gasteiger partial charge in [0.15, 0.2) is 0 Å². The minimum absolute atomic E-state index is 0.0855. The van der Waals surface area contributed by atoms with Gasteiger partial charge in [-0.25, -0.2) is 0 Å². The number of benzene rings is 2. The number of carbonyl (C=O) groups is 1. The molecule has 1 fully saturated rings. The molecule has 3 aromatic rings. The Morgan fingerprint density at radius 1 is 1.17 bits per heavy atom. The molecule has 1 aliphatic rings. The summed E-state index contributed by atoms with van der Waals surface area (Å²) in [5.74, 6) is 0.384. The molecular formula is C24H29N3O2. The van der Waals surface area contributed by atoms with Gasteiger partial charge in [0, 0.05) is 36.1 Å². The molecule has 152 valence electrons. The lowest BCUT2D eigenvalue weighted by atomic mass is 9.89. The maximum absolute atomic E-state index is 13.2. The summed E-state index contributed by atoms with van der Waals surface area (Å²) < 4.78 is 0. The summed E-state index contributed by atoms with van der Waals surface area (Å²) in [6.07, 6.45) is 4.23. The molecule has 1 saturated carbocycles. The SMILES string of the molecule is CCN(C(=O)c1cc2ccccc2[nH]1)[C@H]1CCC[C@@H](NCc2cccc(O)c2)C1. The summed E-state index contributed by atoms with van der Waals surface area (Å²) in [5, 5.41) is 14.3. The number of hydrogen-bond donors (Lipinski definition) is 3. The number of nitrogens with zero attached hydrogens (tertiary/aromatic N) is 1. The summed E-state index contributed by atoms with van der Waals surface area (Å²) >= 11 is 0. The Morgan fingerprint density at radius 2 is 2.03 bits per heavy atom. The van der Waals surface area contributed by atoms with Crippen LogP contribution in [0, 0.1) is 0 Å². The molecule has 0 saturated heterocycles. The Labute approximate surface area is 171 Å². The molecule has 3 N–H and O–H groups in total. The lowest BCUT2D eigenvalue weighted by Crippen LogP contribution is -2.46. The second kappa shape index (κ2) is 8.70. The number of carbonyl (C=O) groups excluding carboxylic acids is 1. The Hall–Kier alpha value is -2.79. The number of amides is 1. The molecule has 0 radical (unpaired) electrons. The number of H-pyrrole nitrogens is 1. The molecule has 1 aromatic heterocycles. The van der Waals surface area contributed by atoms with Crippen LogP contribution in [-0.2, 0) is 6.54 Å². The first-order chi connectivity index (χ1) is 14.1. The molecule has 0 unspecified atom stereocenters. The van der Waals surface area contributed by atoms with Crippen molar-refractivity contribution in [1.29, 1.82) is 0 Å². The van der Waals surface area contributed by atoms with Gasteiger partial charge in [0.2, 0.25) is 0 Å². The van der Waals surface area contributed by atoms with Gasteiger partial charge in [0.05, 0.1) is 0 Å². The van der Waals surface area contributed by atoms with Gasteiger partial charge in [-0.05, 0) is 62.4 Å². The number of para-hydroxylation sites is 1. The predicted octanol–water partition coefficient (Wildman–Crippen LogP) is 4.44. The maximum atomic E-state index is 13.2. The van der Waals surface area contributed by atoms with Crippen LogP contribution >= 0.6 is 0 Å². The fourth-order valence-electron chi connectivity index (χ4n) is 4.47. The summed E-state index contributed by atoms with van der Waals surface area (Å²) in [5.41, 5.74) is 2.75. The van der Waals surface area contributed by atoms with Crippen molar-refractivity contribution >= 4 is 16.8 Å². The third-order valence-electron chi connectivity index (χ3n) is 5.95. The predicted molar refractivity (Wildman–Crippen MR) is 116 cm³/mol. The van der Waals surface area contributed by atoms with Crippen molar-refractivity contribution in [2.75, 3.05) is 6.54 Å². The number of aromatic nitrogens is 1. The number of phenols is 1. The highest BCUT2D eigenvalue weighted by molar-refractivity contribution is 5.98. The van der Waals surface area contributed by atoms with Gasteiger partial charge >= 0.3 is 0 Å². The van der Waals surface area contributed by atoms with E-state index < -0.39 is 0 Å². The lowest BCUT2D eigenvalue weighted by molar-refractivity contribution is 0.0623. The monoisotopic (exact) mass is 391 g/mol. The van der Waals surface area contributed by atoms with Gasteiger partial charge in [-0.3, -0.25) is 4.79 Å². The van der Waals surface area contributed by atoms with Crippen molar-refractivity contribution in [3.63, 3.8) is 0 Å². The zero-order valence-electron chi connectivity index (χ0n) is 16.9. The van der Waals surface area contributed by atoms with Crippen molar-refractivity contribution in [2.45, 2.75) is 51.2 Å². The molecule has 2 aromatic carbocycles. The first kappa shape index (κ1) is 19.5. The quantitative estimate of drug-likeness (QED) is 0.582. The zero-order valence-corrected chi connectivity index (χ0v) is 16.9. The van der Waals surface area contributed by atoms with Crippen LogP contribution in [0.3, 0.4) is 0 Å². The summed E-state index contributed by atoms with van der Waals surface area (Å²) in [7, 11) is 0. The normalized spacial score (nSPS) is 19.3. The van der Waals surface area contributed by atoms with Crippen LogP contribution in [0.25, 0.3) is 10.9 Å². The van der Waals surface area contributed by atoms with Crippen molar-refractivity contribution in [2.24, 2.45) is 0 Å². The van der Waals surface area contributed by atoms with Gasteiger partial charge in [-0.2, -0.15) is 0 Å². The second-order valence-electron chi connectivity index (χ2n) is 7.93. The summed E-state index contributed by atoms with van der Waals surface area (Å²) in [4.78, 5) is 18.5. The molecular weight excluding hydrogens is 362 g/mol. The second-order valence-corrected chi connectivity index (χ2v) is 7.93. The van der Waals surface area contributed by atoms with E-state index in [0.717, 1.165) is 48.7 Å². The van der Waals surface area contributed by atoms with Crippen LogP contribution in [0.4, 0.5) is 0 Å². The van der Waals surface area contributed by atoms with E-state index in [1.165, 1.54) is 0 Å². The summed E-state index contributed by atoms with van der Waals surface area (Å²) in [6.45, 7) is 3.50. The largest absolute Gasteiger partial charge is 0.508 e. The first-order valence-corrected chi connectivity index (χ1v) is 10.5. The highest BCUT2D eigenvalue weighted by Crippen LogP contribution is 2.26. The van der Waals surface area contributed by atoms with Crippen molar-refractivity contribution < 1.29 is 9.90 Å². The highest BCUT2D eigenvalue weighted by atomic mass is 16.3. The number of nitrogens with one attached hydrogen (secondary N) is 2. The topological polar surface area (TPSA) is 68.4 Å². The molecule has 4 rings (SSSR count). The summed E-state index contributed by atoms with van der Waals surface area (Å²) in [6, 6.07) is 18.0. The molecule has 5 nitrogen and oxygen atoms in total. The fourth-order valence-corrected chi connectivity index (χ4v) is 4.47. The van der Waals surface area contributed by atoms with E-state index in [0.29, 0.717) is 24.0 Å². The number of hydrogen-bond acceptors (Lipinski definition) is 3. The Balaban J connectivity index is 1.42. The smallest absolute Gasteiger partial charge is 0.270 e. The molecule has 0 aliphatic heterocycles. The lowest BCUT2D eigenvalue weighted by Gasteiger charge is -2.37. The van der Waals surface area contributed by atoms with Crippen LogP contribution in [0.5, 0.6) is 5.75 Å². The number of fused-ring (bicyclic) bond motifs is 1. The van der Waals surface area contributed by atoms with E-state index in [-0.39, 0.29) is 11.9 Å². The maximum Gasteiger partial charge on any atom is 0.270 e. The Bertz CT molecular complexity index is 948. The van der Waals surface area contributed by atoms with E-state index in [2.05, 4.69) is 17.2 Å². The van der Waals surface area contributed by atoms with Crippen LogP contribution < -0.4 is 5.32 Å². The van der Waals surface area contributed by atoms with Crippen molar-refractivity contribution in [3.05, 3.63) is 65.9 Å². The van der Waals surface area contributed by atoms with Crippen molar-refractivity contribution in [3.8, 4) is 5.75 Å².